The van der Waals surface area contributed by atoms with Crippen LogP contribution in [0.15, 0.2) is 18.4 Å². The lowest BCUT2D eigenvalue weighted by Gasteiger charge is -1.99. The predicted octanol–water partition coefficient (Wildman–Crippen LogP) is 1.28. The molecule has 0 saturated carbocycles. The largest absolute Gasteiger partial charge is 0.494 e. The van der Waals surface area contributed by atoms with Crippen molar-refractivity contribution in [1.29, 1.82) is 0 Å². The van der Waals surface area contributed by atoms with E-state index in [1.807, 2.05) is 6.08 Å². The Morgan fingerprint density at radius 2 is 2.71 bits per heavy atom. The van der Waals surface area contributed by atoms with Gasteiger partial charge in [-0.25, -0.2) is 0 Å². The lowest BCUT2D eigenvalue weighted by Crippen LogP contribution is -1.96. The van der Waals surface area contributed by atoms with Gasteiger partial charge in [-0.3, -0.25) is 0 Å². The molecule has 1 atom stereocenters. The van der Waals surface area contributed by atoms with Gasteiger partial charge in [0, 0.05) is 6.42 Å². The zero-order chi connectivity index (χ0) is 5.11. The van der Waals surface area contributed by atoms with E-state index in [0.717, 1.165) is 6.42 Å². The maximum atomic E-state index is 5.14. The highest BCUT2D eigenvalue weighted by atomic mass is 16.5. The number of hydrogen-bond donors (Lipinski definition) is 0. The van der Waals surface area contributed by atoms with Gasteiger partial charge in [-0.05, 0) is 12.2 Å². The highest BCUT2D eigenvalue weighted by Gasteiger charge is 2.03. The average Bonchev–Trinajstić information content (AvgIpc) is 2.14. The van der Waals surface area contributed by atoms with Crippen molar-refractivity contribution in [3.63, 3.8) is 0 Å². The molecular weight excluding hydrogens is 88.1 g/mol. The van der Waals surface area contributed by atoms with E-state index >= 15 is 0 Å². The molecule has 1 unspecified atom stereocenters. The molecule has 0 saturated heterocycles. The Labute approximate surface area is 43.3 Å². The van der Waals surface area contributed by atoms with Crippen LogP contribution in [0.5, 0.6) is 0 Å². The molecule has 0 aromatic rings. The van der Waals surface area contributed by atoms with E-state index < -0.39 is 0 Å². The van der Waals surface area contributed by atoms with E-state index in [1.165, 1.54) is 0 Å². The maximum absolute atomic E-state index is 5.14. The Bertz CT molecular complexity index is 86.4. The van der Waals surface area contributed by atoms with Crippen molar-refractivity contribution in [3.05, 3.63) is 25.0 Å². The molecule has 1 heteroatoms. The van der Waals surface area contributed by atoms with Gasteiger partial charge >= 0.3 is 0 Å². The molecular formula is C6H7O. The van der Waals surface area contributed by atoms with E-state index in [1.54, 1.807) is 12.3 Å². The summed E-state index contributed by atoms with van der Waals surface area (Å²) >= 11 is 0. The highest BCUT2D eigenvalue weighted by Crippen LogP contribution is 2.07. The second-order valence-electron chi connectivity index (χ2n) is 1.47. The molecule has 1 nitrogen and oxygen atoms in total. The number of ether oxygens (including phenoxy) is 1. The summed E-state index contributed by atoms with van der Waals surface area (Å²) in [4.78, 5) is 0. The number of hydrogen-bond acceptors (Lipinski definition) is 1. The van der Waals surface area contributed by atoms with Crippen LogP contribution in [0.4, 0.5) is 0 Å². The fourth-order valence-corrected chi connectivity index (χ4v) is 0.526. The van der Waals surface area contributed by atoms with Gasteiger partial charge in [0.25, 0.3) is 0 Å². The van der Waals surface area contributed by atoms with Gasteiger partial charge in [-0.1, -0.05) is 6.58 Å². The zero-order valence-electron chi connectivity index (χ0n) is 4.00. The molecule has 1 heterocycles. The highest BCUT2D eigenvalue weighted by molar-refractivity contribution is 4.93. The lowest BCUT2D eigenvalue weighted by atomic mass is 10.3. The first-order chi connectivity index (χ1) is 3.43. The van der Waals surface area contributed by atoms with Crippen LogP contribution in [0, 0.1) is 6.58 Å². The van der Waals surface area contributed by atoms with Crippen LogP contribution < -0.4 is 0 Å². The molecule has 7 heavy (non-hydrogen) atoms. The van der Waals surface area contributed by atoms with Crippen LogP contribution in [0.3, 0.4) is 0 Å². The van der Waals surface area contributed by atoms with Crippen LogP contribution in [-0.4, -0.2) is 6.10 Å². The minimum absolute atomic E-state index is 0.139. The Kier molecular flexibility index (Phi) is 1.16. The first-order valence-corrected chi connectivity index (χ1v) is 2.29. The third-order valence-electron chi connectivity index (χ3n) is 0.933. The average molecular weight is 95.1 g/mol. The van der Waals surface area contributed by atoms with Gasteiger partial charge in [0.05, 0.1) is 6.26 Å². The van der Waals surface area contributed by atoms with Crippen LogP contribution >= 0.6 is 0 Å². The third-order valence-corrected chi connectivity index (χ3v) is 0.933. The van der Waals surface area contributed by atoms with Crippen LogP contribution in [0.25, 0.3) is 0 Å². The summed E-state index contributed by atoms with van der Waals surface area (Å²) in [5.41, 5.74) is 0. The van der Waals surface area contributed by atoms with Crippen LogP contribution in [0.2, 0.25) is 0 Å². The molecule has 0 aromatic heterocycles. The van der Waals surface area contributed by atoms with Gasteiger partial charge in [0.15, 0.2) is 0 Å². The maximum Gasteiger partial charge on any atom is 0.120 e. The molecule has 0 bridgehead atoms. The first-order valence-electron chi connectivity index (χ1n) is 2.29. The minimum Gasteiger partial charge on any atom is -0.494 e. The van der Waals surface area contributed by atoms with Gasteiger partial charge in [-0.2, -0.15) is 0 Å². The molecule has 1 rings (SSSR count). The molecule has 0 N–H and O–H groups in total. The summed E-state index contributed by atoms with van der Waals surface area (Å²) in [6.45, 7) is 5.14. The minimum atomic E-state index is 0.139. The standard InChI is InChI=1S/C6H7O/c1-2-6-4-3-5-7-6/h1-3,5-6H,4H2. The summed E-state index contributed by atoms with van der Waals surface area (Å²) < 4.78 is 4.94. The molecule has 0 aliphatic carbocycles. The fourth-order valence-electron chi connectivity index (χ4n) is 0.526. The van der Waals surface area contributed by atoms with Crippen molar-refractivity contribution < 1.29 is 4.74 Å². The van der Waals surface area contributed by atoms with Crippen molar-refractivity contribution in [3.8, 4) is 0 Å². The normalized spacial score (nSPS) is 27.1. The SMILES string of the molecule is [CH]=CC1CC=CO1. The first kappa shape index (κ1) is 4.44. The van der Waals surface area contributed by atoms with Crippen LogP contribution in [0.1, 0.15) is 6.42 Å². The van der Waals surface area contributed by atoms with Crippen molar-refractivity contribution in [2.75, 3.05) is 0 Å². The molecule has 0 spiro atoms. The van der Waals surface area contributed by atoms with Gasteiger partial charge in [0.2, 0.25) is 0 Å². The molecule has 37 valence electrons. The molecule has 0 amide bonds. The molecule has 0 aromatic carbocycles. The third kappa shape index (κ3) is 0.829. The van der Waals surface area contributed by atoms with E-state index in [9.17, 15) is 0 Å². The van der Waals surface area contributed by atoms with E-state index in [-0.39, 0.29) is 6.10 Å². The quantitative estimate of drug-likeness (QED) is 0.476. The second kappa shape index (κ2) is 1.82. The number of rotatable bonds is 1. The summed E-state index contributed by atoms with van der Waals surface area (Å²) in [6.07, 6.45) is 6.25. The molecule has 1 radical (unpaired) electrons. The smallest absolute Gasteiger partial charge is 0.120 e. The van der Waals surface area contributed by atoms with Crippen molar-refractivity contribution in [2.45, 2.75) is 12.5 Å². The Balaban J connectivity index is 2.35. The molecule has 1 aliphatic heterocycles. The molecule has 0 fully saturated rings. The summed E-state index contributed by atoms with van der Waals surface area (Å²) in [5, 5.41) is 0. The topological polar surface area (TPSA) is 9.23 Å². The summed E-state index contributed by atoms with van der Waals surface area (Å²) in [5.74, 6) is 0. The molecule has 1 aliphatic rings. The van der Waals surface area contributed by atoms with Crippen molar-refractivity contribution >= 4 is 0 Å². The summed E-state index contributed by atoms with van der Waals surface area (Å²) in [6, 6.07) is 0. The monoisotopic (exact) mass is 95.0 g/mol. The zero-order valence-corrected chi connectivity index (χ0v) is 4.00. The van der Waals surface area contributed by atoms with E-state index in [4.69, 9.17) is 11.3 Å². The summed E-state index contributed by atoms with van der Waals surface area (Å²) in [7, 11) is 0. The van der Waals surface area contributed by atoms with E-state index in [0.29, 0.717) is 0 Å². The van der Waals surface area contributed by atoms with Gasteiger partial charge in [0.1, 0.15) is 6.10 Å². The van der Waals surface area contributed by atoms with Gasteiger partial charge in [-0.15, -0.1) is 0 Å². The van der Waals surface area contributed by atoms with Crippen molar-refractivity contribution in [1.82, 2.24) is 0 Å². The second-order valence-corrected chi connectivity index (χ2v) is 1.47. The Morgan fingerprint density at radius 1 is 1.86 bits per heavy atom. The Hall–Kier alpha value is -0.720. The Morgan fingerprint density at radius 3 is 3.00 bits per heavy atom. The van der Waals surface area contributed by atoms with Crippen molar-refractivity contribution in [2.24, 2.45) is 0 Å². The van der Waals surface area contributed by atoms with E-state index in [2.05, 4.69) is 0 Å². The van der Waals surface area contributed by atoms with Gasteiger partial charge < -0.3 is 4.74 Å². The lowest BCUT2D eigenvalue weighted by molar-refractivity contribution is 0.214. The predicted molar refractivity (Wildman–Crippen MR) is 27.5 cm³/mol. The fraction of sp³-hybridized carbons (Fsp3) is 0.333. The van der Waals surface area contributed by atoms with Crippen LogP contribution in [-0.2, 0) is 4.74 Å².